The molecule has 0 N–H and O–H groups in total. The van der Waals surface area contributed by atoms with Crippen LogP contribution in [0.4, 0.5) is 13.2 Å². The van der Waals surface area contributed by atoms with Crippen molar-refractivity contribution in [3.8, 4) is 17.2 Å². The van der Waals surface area contributed by atoms with Gasteiger partial charge in [0.05, 0.1) is 10.9 Å². The van der Waals surface area contributed by atoms with Crippen molar-refractivity contribution in [1.82, 2.24) is 4.90 Å². The molecule has 0 spiro atoms. The van der Waals surface area contributed by atoms with Gasteiger partial charge in [-0.2, -0.15) is 13.2 Å². The second kappa shape index (κ2) is 15.4. The van der Waals surface area contributed by atoms with Crippen molar-refractivity contribution in [2.24, 2.45) is 11.8 Å². The van der Waals surface area contributed by atoms with Gasteiger partial charge in [-0.3, -0.25) is 9.69 Å². The lowest BCUT2D eigenvalue weighted by molar-refractivity contribution is -0.154. The number of alkyl halides is 3. The Labute approximate surface area is 284 Å². The minimum Gasteiger partial charge on any atom is -0.449 e. The van der Waals surface area contributed by atoms with Crippen molar-refractivity contribution in [2.75, 3.05) is 13.1 Å². The molecule has 0 aliphatic carbocycles. The van der Waals surface area contributed by atoms with Crippen molar-refractivity contribution in [1.29, 1.82) is 0 Å². The second-order valence-electron chi connectivity index (χ2n) is 13.1. The number of halogens is 4. The molecule has 0 aliphatic rings. The third-order valence-corrected chi connectivity index (χ3v) is 7.96. The van der Waals surface area contributed by atoms with E-state index >= 15 is 0 Å². The average Bonchev–Trinajstić information content (AvgIpc) is 2.99. The van der Waals surface area contributed by atoms with Crippen molar-refractivity contribution >= 4 is 34.6 Å². The van der Waals surface area contributed by atoms with Crippen LogP contribution < -0.4 is 14.9 Å². The van der Waals surface area contributed by atoms with Gasteiger partial charge in [-0.05, 0) is 77.8 Å². The quantitative estimate of drug-likeness (QED) is 0.0841. The standard InChI is InChI=1S/C38H41ClF3NO5/c1-22(2)19-43(20-23(3)4)21-30-32(47-33(44)17-10-26-8-11-27(12-9-26)24(5)6)16-14-29-34(45)36(37(38(40,41)42)48-35(29)30)46-28-13-15-31(39)25(7)18-28/h8-18,22-24H,19-21H2,1-7H3/b17-10+. The minimum absolute atomic E-state index is 0.00880. The molecule has 0 aliphatic heterocycles. The molecule has 0 unspecified atom stereocenters. The van der Waals surface area contributed by atoms with E-state index in [4.69, 9.17) is 25.5 Å². The highest BCUT2D eigenvalue weighted by molar-refractivity contribution is 6.31. The Kier molecular flexibility index (Phi) is 11.8. The van der Waals surface area contributed by atoms with Crippen LogP contribution in [-0.4, -0.2) is 24.0 Å². The van der Waals surface area contributed by atoms with Crippen molar-refractivity contribution < 1.29 is 31.9 Å². The van der Waals surface area contributed by atoms with Crippen molar-refractivity contribution in [3.63, 3.8) is 0 Å². The molecule has 4 rings (SSSR count). The van der Waals surface area contributed by atoms with Gasteiger partial charge < -0.3 is 13.9 Å². The molecule has 256 valence electrons. The van der Waals surface area contributed by atoms with E-state index in [2.05, 4.69) is 13.8 Å². The molecule has 0 bridgehead atoms. The number of hydrogen-bond acceptors (Lipinski definition) is 6. The van der Waals surface area contributed by atoms with E-state index in [0.29, 0.717) is 29.6 Å². The number of fused-ring (bicyclic) bond motifs is 1. The first-order chi connectivity index (χ1) is 22.5. The summed E-state index contributed by atoms with van der Waals surface area (Å²) in [6, 6.07) is 14.7. The fraction of sp³-hybridized carbons (Fsp3) is 0.368. The van der Waals surface area contributed by atoms with Crippen LogP contribution in [0.2, 0.25) is 5.02 Å². The smallest absolute Gasteiger partial charge is 0.449 e. The zero-order chi connectivity index (χ0) is 35.3. The summed E-state index contributed by atoms with van der Waals surface area (Å²) < 4.78 is 60.5. The molecule has 1 aromatic heterocycles. The highest BCUT2D eigenvalue weighted by Crippen LogP contribution is 2.41. The topological polar surface area (TPSA) is 69.0 Å². The summed E-state index contributed by atoms with van der Waals surface area (Å²) in [5.74, 6) is -2.56. The van der Waals surface area contributed by atoms with Crippen molar-refractivity contribution in [3.05, 3.63) is 104 Å². The fourth-order valence-corrected chi connectivity index (χ4v) is 5.48. The number of rotatable bonds is 12. The van der Waals surface area contributed by atoms with Crippen LogP contribution >= 0.6 is 11.6 Å². The Hall–Kier alpha value is -4.08. The number of carbonyl (C=O) groups excluding carboxylic acids is 1. The van der Waals surface area contributed by atoms with Crippen LogP contribution in [0.5, 0.6) is 17.2 Å². The Morgan fingerprint density at radius 2 is 1.60 bits per heavy atom. The maximum absolute atomic E-state index is 14.5. The van der Waals surface area contributed by atoms with Gasteiger partial charge in [-0.25, -0.2) is 4.79 Å². The monoisotopic (exact) mass is 683 g/mol. The summed E-state index contributed by atoms with van der Waals surface area (Å²) >= 11 is 6.08. The molecule has 1 heterocycles. The molecule has 3 aromatic carbocycles. The molecular formula is C38H41ClF3NO5. The van der Waals surface area contributed by atoms with Crippen LogP contribution in [0.25, 0.3) is 17.0 Å². The van der Waals surface area contributed by atoms with Gasteiger partial charge in [0.2, 0.25) is 11.2 Å². The molecule has 0 atom stereocenters. The number of carbonyl (C=O) groups is 1. The molecular weight excluding hydrogens is 643 g/mol. The number of hydrogen-bond donors (Lipinski definition) is 0. The fourth-order valence-electron chi connectivity index (χ4n) is 5.36. The Morgan fingerprint density at radius 1 is 0.958 bits per heavy atom. The summed E-state index contributed by atoms with van der Waals surface area (Å²) in [5.41, 5.74) is 1.29. The molecule has 4 aromatic rings. The second-order valence-corrected chi connectivity index (χ2v) is 13.5. The minimum atomic E-state index is -5.09. The van der Waals surface area contributed by atoms with Gasteiger partial charge in [0.25, 0.3) is 5.76 Å². The summed E-state index contributed by atoms with van der Waals surface area (Å²) in [4.78, 5) is 28.9. The van der Waals surface area contributed by atoms with Gasteiger partial charge in [0, 0.05) is 30.7 Å². The maximum Gasteiger partial charge on any atom is 0.453 e. The number of esters is 1. The molecule has 48 heavy (non-hydrogen) atoms. The maximum atomic E-state index is 14.5. The van der Waals surface area contributed by atoms with Crippen LogP contribution in [0.1, 0.15) is 75.5 Å². The van der Waals surface area contributed by atoms with Crippen LogP contribution in [0.3, 0.4) is 0 Å². The summed E-state index contributed by atoms with van der Waals surface area (Å²) in [6.45, 7) is 15.2. The van der Waals surface area contributed by atoms with Gasteiger partial charge in [0.15, 0.2) is 0 Å². The first kappa shape index (κ1) is 36.8. The van der Waals surface area contributed by atoms with E-state index in [1.54, 1.807) is 13.0 Å². The van der Waals surface area contributed by atoms with E-state index < -0.39 is 29.1 Å². The summed E-state index contributed by atoms with van der Waals surface area (Å²) in [6.07, 6.45) is -2.24. The molecule has 0 fully saturated rings. The van der Waals surface area contributed by atoms with Crippen LogP contribution in [0.15, 0.2) is 69.9 Å². The number of aryl methyl sites for hydroxylation is 1. The van der Waals surface area contributed by atoms with E-state index in [-0.39, 0.29) is 46.4 Å². The third kappa shape index (κ3) is 9.29. The summed E-state index contributed by atoms with van der Waals surface area (Å²) in [7, 11) is 0. The van der Waals surface area contributed by atoms with Gasteiger partial charge in [0.1, 0.15) is 17.1 Å². The molecule has 0 amide bonds. The van der Waals surface area contributed by atoms with E-state index in [9.17, 15) is 22.8 Å². The molecule has 10 heteroatoms. The third-order valence-electron chi connectivity index (χ3n) is 7.54. The average molecular weight is 684 g/mol. The first-order valence-corrected chi connectivity index (χ1v) is 16.3. The van der Waals surface area contributed by atoms with Gasteiger partial charge in [-0.1, -0.05) is 77.4 Å². The molecule has 0 radical (unpaired) electrons. The highest BCUT2D eigenvalue weighted by Gasteiger charge is 2.41. The predicted molar refractivity (Wildman–Crippen MR) is 184 cm³/mol. The predicted octanol–water partition coefficient (Wildman–Crippen LogP) is 10.4. The normalized spacial score (nSPS) is 12.3. The largest absolute Gasteiger partial charge is 0.453 e. The molecule has 0 saturated carbocycles. The van der Waals surface area contributed by atoms with Crippen molar-refractivity contribution in [2.45, 2.75) is 67.1 Å². The van der Waals surface area contributed by atoms with E-state index in [1.807, 2.05) is 56.9 Å². The molecule has 0 saturated heterocycles. The summed E-state index contributed by atoms with van der Waals surface area (Å²) in [5, 5.41) is 0.246. The van der Waals surface area contributed by atoms with Crippen LogP contribution in [0, 0.1) is 18.8 Å². The Morgan fingerprint density at radius 3 is 2.17 bits per heavy atom. The lowest BCUT2D eigenvalue weighted by atomic mass is 10.0. The lowest BCUT2D eigenvalue weighted by Crippen LogP contribution is -2.31. The Balaban J connectivity index is 1.84. The van der Waals surface area contributed by atoms with Crippen LogP contribution in [-0.2, 0) is 17.5 Å². The molecule has 6 nitrogen and oxygen atoms in total. The van der Waals surface area contributed by atoms with E-state index in [0.717, 1.165) is 11.1 Å². The number of nitrogens with zero attached hydrogens (tertiary/aromatic N) is 1. The highest BCUT2D eigenvalue weighted by atomic mass is 35.5. The number of benzene rings is 3. The lowest BCUT2D eigenvalue weighted by Gasteiger charge is -2.27. The zero-order valence-corrected chi connectivity index (χ0v) is 29.0. The first-order valence-electron chi connectivity index (χ1n) is 15.9. The number of ether oxygens (including phenoxy) is 2. The van der Waals surface area contributed by atoms with Gasteiger partial charge in [-0.15, -0.1) is 0 Å². The SMILES string of the molecule is Cc1cc(Oc2c(C(F)(F)F)oc3c(CN(CC(C)C)CC(C)C)c(OC(=O)/C=C/c4ccc(C(C)C)cc4)ccc3c2=O)ccc1Cl. The Bertz CT molecular complexity index is 1830. The van der Waals surface area contributed by atoms with E-state index in [1.165, 1.54) is 36.4 Å². The van der Waals surface area contributed by atoms with Gasteiger partial charge >= 0.3 is 12.1 Å². The zero-order valence-electron chi connectivity index (χ0n) is 28.2.